The lowest BCUT2D eigenvalue weighted by atomic mass is 10.2. The first-order valence-electron chi connectivity index (χ1n) is 5.99. The fraction of sp³-hybridized carbons (Fsp3) is 0.385. The van der Waals surface area contributed by atoms with Gasteiger partial charge in [-0.2, -0.15) is 0 Å². The number of nitrogens with two attached hydrogens (primary N) is 1. The Kier molecular flexibility index (Phi) is 5.32. The van der Waals surface area contributed by atoms with Gasteiger partial charge in [0.2, 0.25) is 11.8 Å². The molecule has 0 radical (unpaired) electrons. The van der Waals surface area contributed by atoms with E-state index in [1.54, 1.807) is 4.90 Å². The molecule has 1 aromatic rings. The van der Waals surface area contributed by atoms with E-state index in [0.717, 1.165) is 11.3 Å². The quantitative estimate of drug-likeness (QED) is 0.853. The molecule has 5 nitrogen and oxygen atoms in total. The molecule has 1 aliphatic heterocycles. The number of hydrogen-bond donors (Lipinski definition) is 2. The van der Waals surface area contributed by atoms with Crippen LogP contribution in [0.15, 0.2) is 24.3 Å². The second-order valence-corrected chi connectivity index (χ2v) is 4.44. The predicted octanol–water partition coefficient (Wildman–Crippen LogP) is 0.597. The van der Waals surface area contributed by atoms with Crippen LogP contribution in [0, 0.1) is 6.92 Å². The van der Waals surface area contributed by atoms with Crippen molar-refractivity contribution in [2.24, 2.45) is 5.73 Å². The minimum Gasteiger partial charge on any atom is -0.343 e. The predicted molar refractivity (Wildman–Crippen MR) is 76.4 cm³/mol. The van der Waals surface area contributed by atoms with Gasteiger partial charge in [-0.1, -0.05) is 17.7 Å². The monoisotopic (exact) mass is 283 g/mol. The Morgan fingerprint density at radius 1 is 1.42 bits per heavy atom. The molecule has 0 aliphatic carbocycles. The van der Waals surface area contributed by atoms with Crippen molar-refractivity contribution in [3.63, 3.8) is 0 Å². The zero-order chi connectivity index (χ0) is 13.1. The van der Waals surface area contributed by atoms with E-state index in [9.17, 15) is 9.59 Å². The van der Waals surface area contributed by atoms with E-state index >= 15 is 0 Å². The average molecular weight is 284 g/mol. The van der Waals surface area contributed by atoms with Crippen molar-refractivity contribution in [1.29, 1.82) is 0 Å². The summed E-state index contributed by atoms with van der Waals surface area (Å²) in [6.45, 7) is 2.53. The first-order chi connectivity index (χ1) is 8.61. The number of benzene rings is 1. The van der Waals surface area contributed by atoms with Crippen LogP contribution in [0.1, 0.15) is 12.0 Å². The molecule has 104 valence electrons. The summed E-state index contributed by atoms with van der Waals surface area (Å²) in [6, 6.07) is 7.33. The molecular formula is C13H18ClN3O2. The third-order valence-corrected chi connectivity index (χ3v) is 3.07. The number of carbonyl (C=O) groups is 2. The van der Waals surface area contributed by atoms with Crippen LogP contribution in [0.3, 0.4) is 0 Å². The van der Waals surface area contributed by atoms with Gasteiger partial charge in [-0.15, -0.1) is 12.4 Å². The van der Waals surface area contributed by atoms with Crippen LogP contribution < -0.4 is 16.0 Å². The van der Waals surface area contributed by atoms with Gasteiger partial charge in [0.25, 0.3) is 0 Å². The SMILES string of the molecule is Cc1ccc(N2CCC(NC(=O)CN)C2=O)cc1.Cl. The summed E-state index contributed by atoms with van der Waals surface area (Å²) in [6.07, 6.45) is 0.623. The molecule has 1 unspecified atom stereocenters. The van der Waals surface area contributed by atoms with Crippen LogP contribution in [0.4, 0.5) is 5.69 Å². The molecule has 1 saturated heterocycles. The first kappa shape index (κ1) is 15.5. The fourth-order valence-electron chi connectivity index (χ4n) is 2.05. The lowest BCUT2D eigenvalue weighted by Gasteiger charge is -2.17. The van der Waals surface area contributed by atoms with Crippen LogP contribution in [0.5, 0.6) is 0 Å². The molecule has 0 bridgehead atoms. The lowest BCUT2D eigenvalue weighted by Crippen LogP contribution is -2.43. The van der Waals surface area contributed by atoms with E-state index in [2.05, 4.69) is 5.32 Å². The molecule has 2 rings (SSSR count). The summed E-state index contributed by atoms with van der Waals surface area (Å²) in [5.74, 6) is -0.361. The largest absolute Gasteiger partial charge is 0.343 e. The first-order valence-corrected chi connectivity index (χ1v) is 5.99. The average Bonchev–Trinajstić information content (AvgIpc) is 2.72. The van der Waals surface area contributed by atoms with E-state index in [0.29, 0.717) is 13.0 Å². The fourth-order valence-corrected chi connectivity index (χ4v) is 2.05. The highest BCUT2D eigenvalue weighted by atomic mass is 35.5. The smallest absolute Gasteiger partial charge is 0.249 e. The molecule has 0 aromatic heterocycles. The molecule has 2 amide bonds. The third kappa shape index (κ3) is 3.45. The van der Waals surface area contributed by atoms with Crippen LogP contribution in [-0.4, -0.2) is 30.9 Å². The summed E-state index contributed by atoms with van der Waals surface area (Å²) in [5.41, 5.74) is 7.24. The Hall–Kier alpha value is -1.59. The number of hydrogen-bond acceptors (Lipinski definition) is 3. The zero-order valence-corrected chi connectivity index (χ0v) is 11.6. The van der Waals surface area contributed by atoms with Crippen LogP contribution in [-0.2, 0) is 9.59 Å². The van der Waals surface area contributed by atoms with Crippen molar-refractivity contribution in [3.8, 4) is 0 Å². The number of amides is 2. The van der Waals surface area contributed by atoms with Crippen molar-refractivity contribution in [3.05, 3.63) is 29.8 Å². The number of rotatable bonds is 3. The minimum atomic E-state index is -0.442. The summed E-state index contributed by atoms with van der Waals surface area (Å²) in [7, 11) is 0. The molecule has 0 spiro atoms. The minimum absolute atomic E-state index is 0. The molecule has 1 atom stereocenters. The number of aryl methyl sites for hydroxylation is 1. The Morgan fingerprint density at radius 2 is 2.05 bits per heavy atom. The van der Waals surface area contributed by atoms with Gasteiger partial charge < -0.3 is 16.0 Å². The number of anilines is 1. The van der Waals surface area contributed by atoms with Gasteiger partial charge in [0.15, 0.2) is 0 Å². The van der Waals surface area contributed by atoms with E-state index in [4.69, 9.17) is 5.73 Å². The number of nitrogens with one attached hydrogen (secondary N) is 1. The highest BCUT2D eigenvalue weighted by Gasteiger charge is 2.33. The molecule has 6 heteroatoms. The molecule has 1 aliphatic rings. The highest BCUT2D eigenvalue weighted by molar-refractivity contribution is 6.01. The van der Waals surface area contributed by atoms with Gasteiger partial charge in [-0.25, -0.2) is 0 Å². The van der Waals surface area contributed by atoms with Crippen molar-refractivity contribution >= 4 is 29.9 Å². The maximum atomic E-state index is 12.1. The van der Waals surface area contributed by atoms with Crippen molar-refractivity contribution in [2.45, 2.75) is 19.4 Å². The summed E-state index contributed by atoms with van der Waals surface area (Å²) >= 11 is 0. The summed E-state index contributed by atoms with van der Waals surface area (Å²) in [5, 5.41) is 2.63. The van der Waals surface area contributed by atoms with Gasteiger partial charge in [-0.3, -0.25) is 9.59 Å². The normalized spacial score (nSPS) is 18.1. The van der Waals surface area contributed by atoms with E-state index < -0.39 is 6.04 Å². The molecule has 1 aromatic carbocycles. The topological polar surface area (TPSA) is 75.4 Å². The van der Waals surface area contributed by atoms with E-state index in [-0.39, 0.29) is 30.8 Å². The lowest BCUT2D eigenvalue weighted by molar-refractivity contribution is -0.125. The number of carbonyl (C=O) groups excluding carboxylic acids is 2. The van der Waals surface area contributed by atoms with Crippen molar-refractivity contribution in [1.82, 2.24) is 5.32 Å². The molecular weight excluding hydrogens is 266 g/mol. The van der Waals surface area contributed by atoms with Gasteiger partial charge in [0.05, 0.1) is 6.54 Å². The molecule has 1 fully saturated rings. The van der Waals surface area contributed by atoms with Gasteiger partial charge >= 0.3 is 0 Å². The van der Waals surface area contributed by atoms with Crippen molar-refractivity contribution in [2.75, 3.05) is 18.0 Å². The molecule has 1 heterocycles. The van der Waals surface area contributed by atoms with Crippen LogP contribution >= 0.6 is 12.4 Å². The zero-order valence-electron chi connectivity index (χ0n) is 10.8. The Labute approximate surface area is 118 Å². The summed E-state index contributed by atoms with van der Waals surface area (Å²) < 4.78 is 0. The Morgan fingerprint density at radius 3 is 2.63 bits per heavy atom. The standard InChI is InChI=1S/C13H17N3O2.ClH/c1-9-2-4-10(5-3-9)16-7-6-11(13(16)18)15-12(17)8-14;/h2-5,11H,6-8,14H2,1H3,(H,15,17);1H. The van der Waals surface area contributed by atoms with Crippen LogP contribution in [0.2, 0.25) is 0 Å². The Balaban J connectivity index is 0.00000180. The van der Waals surface area contributed by atoms with Gasteiger partial charge in [0.1, 0.15) is 6.04 Å². The second kappa shape index (κ2) is 6.54. The molecule has 19 heavy (non-hydrogen) atoms. The summed E-state index contributed by atoms with van der Waals surface area (Å²) in [4.78, 5) is 25.0. The number of halogens is 1. The maximum absolute atomic E-state index is 12.1. The van der Waals surface area contributed by atoms with Crippen LogP contribution in [0.25, 0.3) is 0 Å². The number of nitrogens with zero attached hydrogens (tertiary/aromatic N) is 1. The maximum Gasteiger partial charge on any atom is 0.249 e. The molecule has 0 saturated carbocycles. The van der Waals surface area contributed by atoms with Gasteiger partial charge in [-0.05, 0) is 25.5 Å². The highest BCUT2D eigenvalue weighted by Crippen LogP contribution is 2.21. The van der Waals surface area contributed by atoms with E-state index in [1.807, 2.05) is 31.2 Å². The van der Waals surface area contributed by atoms with Gasteiger partial charge in [0, 0.05) is 12.2 Å². The second-order valence-electron chi connectivity index (χ2n) is 4.44. The third-order valence-electron chi connectivity index (χ3n) is 3.07. The van der Waals surface area contributed by atoms with Crippen molar-refractivity contribution < 1.29 is 9.59 Å². The molecule has 3 N–H and O–H groups in total. The Bertz CT molecular complexity index is 461. The van der Waals surface area contributed by atoms with E-state index in [1.165, 1.54) is 0 Å².